The SMILES string of the molecule is CN(CCc1nc2ccc(Cl)cc2[nH]1)C[C@H]1CCOC1. The molecule has 1 aliphatic heterocycles. The van der Waals surface area contributed by atoms with Crippen LogP contribution in [0.25, 0.3) is 11.0 Å². The van der Waals surface area contributed by atoms with E-state index in [0.717, 1.165) is 54.6 Å². The first-order valence-electron chi connectivity index (χ1n) is 7.11. The molecule has 4 nitrogen and oxygen atoms in total. The summed E-state index contributed by atoms with van der Waals surface area (Å²) in [6, 6.07) is 5.75. The quantitative estimate of drug-likeness (QED) is 0.921. The molecular weight excluding hydrogens is 274 g/mol. The zero-order valence-electron chi connectivity index (χ0n) is 11.7. The number of hydrogen-bond donors (Lipinski definition) is 1. The third-order valence-electron chi connectivity index (χ3n) is 3.82. The van der Waals surface area contributed by atoms with Gasteiger partial charge in [-0.15, -0.1) is 0 Å². The Morgan fingerprint density at radius 1 is 1.50 bits per heavy atom. The van der Waals surface area contributed by atoms with E-state index in [1.807, 2.05) is 18.2 Å². The number of ether oxygens (including phenoxy) is 1. The van der Waals surface area contributed by atoms with Crippen molar-refractivity contribution in [3.05, 3.63) is 29.0 Å². The van der Waals surface area contributed by atoms with Gasteiger partial charge in [0.05, 0.1) is 17.6 Å². The minimum absolute atomic E-state index is 0.689. The fourth-order valence-corrected chi connectivity index (χ4v) is 2.88. The van der Waals surface area contributed by atoms with Gasteiger partial charge < -0.3 is 14.6 Å². The molecule has 0 spiro atoms. The minimum atomic E-state index is 0.689. The van der Waals surface area contributed by atoms with Crippen LogP contribution < -0.4 is 0 Å². The Morgan fingerprint density at radius 2 is 2.40 bits per heavy atom. The molecular formula is C15H20ClN3O. The van der Waals surface area contributed by atoms with E-state index in [0.29, 0.717) is 5.92 Å². The summed E-state index contributed by atoms with van der Waals surface area (Å²) in [7, 11) is 2.16. The number of halogens is 1. The normalized spacial score (nSPS) is 19.2. The average molecular weight is 294 g/mol. The van der Waals surface area contributed by atoms with Gasteiger partial charge >= 0.3 is 0 Å². The van der Waals surface area contributed by atoms with E-state index in [1.54, 1.807) is 0 Å². The lowest BCUT2D eigenvalue weighted by molar-refractivity contribution is 0.174. The van der Waals surface area contributed by atoms with Crippen LogP contribution in [-0.2, 0) is 11.2 Å². The molecule has 2 aromatic rings. The van der Waals surface area contributed by atoms with Crippen molar-refractivity contribution in [2.75, 3.05) is 33.4 Å². The van der Waals surface area contributed by atoms with Crippen LogP contribution in [0.1, 0.15) is 12.2 Å². The topological polar surface area (TPSA) is 41.2 Å². The van der Waals surface area contributed by atoms with E-state index in [2.05, 4.69) is 21.9 Å². The third kappa shape index (κ3) is 3.32. The first kappa shape index (κ1) is 13.9. The van der Waals surface area contributed by atoms with E-state index >= 15 is 0 Å². The molecule has 1 aromatic carbocycles. The summed E-state index contributed by atoms with van der Waals surface area (Å²) in [5, 5.41) is 0.742. The van der Waals surface area contributed by atoms with Gasteiger partial charge in [-0.3, -0.25) is 0 Å². The molecule has 108 valence electrons. The highest BCUT2D eigenvalue weighted by Gasteiger charge is 2.17. The summed E-state index contributed by atoms with van der Waals surface area (Å²) in [5.74, 6) is 1.71. The highest BCUT2D eigenvalue weighted by molar-refractivity contribution is 6.31. The van der Waals surface area contributed by atoms with Crippen LogP contribution in [0.2, 0.25) is 5.02 Å². The van der Waals surface area contributed by atoms with Gasteiger partial charge in [0.1, 0.15) is 5.82 Å². The first-order valence-corrected chi connectivity index (χ1v) is 7.49. The van der Waals surface area contributed by atoms with Crippen molar-refractivity contribution in [1.29, 1.82) is 0 Å². The number of likely N-dealkylation sites (N-methyl/N-ethyl adjacent to an activating group) is 1. The van der Waals surface area contributed by atoms with Crippen molar-refractivity contribution in [2.45, 2.75) is 12.8 Å². The smallest absolute Gasteiger partial charge is 0.108 e. The number of H-pyrrole nitrogens is 1. The van der Waals surface area contributed by atoms with Crippen LogP contribution in [-0.4, -0.2) is 48.2 Å². The Bertz CT molecular complexity index is 578. The predicted molar refractivity (Wildman–Crippen MR) is 81.2 cm³/mol. The second-order valence-electron chi connectivity index (χ2n) is 5.59. The second kappa shape index (κ2) is 6.12. The summed E-state index contributed by atoms with van der Waals surface area (Å²) < 4.78 is 5.41. The Hall–Kier alpha value is -1.10. The van der Waals surface area contributed by atoms with E-state index in [-0.39, 0.29) is 0 Å². The maximum Gasteiger partial charge on any atom is 0.108 e. The molecule has 3 rings (SSSR count). The lowest BCUT2D eigenvalue weighted by Gasteiger charge is -2.19. The number of aromatic amines is 1. The first-order chi connectivity index (χ1) is 9.70. The van der Waals surface area contributed by atoms with Gasteiger partial charge in [-0.2, -0.15) is 0 Å². The van der Waals surface area contributed by atoms with Crippen LogP contribution in [0.5, 0.6) is 0 Å². The molecule has 2 heterocycles. The number of hydrogen-bond acceptors (Lipinski definition) is 3. The molecule has 0 bridgehead atoms. The molecule has 1 fully saturated rings. The molecule has 1 aromatic heterocycles. The van der Waals surface area contributed by atoms with Crippen molar-refractivity contribution < 1.29 is 4.74 Å². The van der Waals surface area contributed by atoms with Gasteiger partial charge in [0.25, 0.3) is 0 Å². The van der Waals surface area contributed by atoms with E-state index in [9.17, 15) is 0 Å². The molecule has 1 aliphatic rings. The van der Waals surface area contributed by atoms with Crippen molar-refractivity contribution >= 4 is 22.6 Å². The Kier molecular flexibility index (Phi) is 4.24. The summed E-state index contributed by atoms with van der Waals surface area (Å²) in [4.78, 5) is 10.3. The van der Waals surface area contributed by atoms with Gasteiger partial charge in [-0.1, -0.05) is 11.6 Å². The maximum absolute atomic E-state index is 5.98. The van der Waals surface area contributed by atoms with Crippen LogP contribution in [0.4, 0.5) is 0 Å². The van der Waals surface area contributed by atoms with Crippen molar-refractivity contribution in [3.8, 4) is 0 Å². The molecule has 1 saturated heterocycles. The van der Waals surface area contributed by atoms with Crippen LogP contribution in [0.15, 0.2) is 18.2 Å². The van der Waals surface area contributed by atoms with Crippen LogP contribution >= 0.6 is 11.6 Å². The molecule has 1 N–H and O–H groups in total. The fourth-order valence-electron chi connectivity index (χ4n) is 2.71. The number of benzene rings is 1. The Balaban J connectivity index is 1.56. The Morgan fingerprint density at radius 3 is 3.20 bits per heavy atom. The van der Waals surface area contributed by atoms with Gasteiger partial charge in [0.15, 0.2) is 0 Å². The van der Waals surface area contributed by atoms with E-state index in [4.69, 9.17) is 16.3 Å². The lowest BCUT2D eigenvalue weighted by atomic mass is 10.1. The van der Waals surface area contributed by atoms with Gasteiger partial charge in [0, 0.05) is 31.1 Å². The van der Waals surface area contributed by atoms with E-state index < -0.39 is 0 Å². The van der Waals surface area contributed by atoms with Crippen LogP contribution in [0, 0.1) is 5.92 Å². The zero-order chi connectivity index (χ0) is 13.9. The molecule has 0 amide bonds. The van der Waals surface area contributed by atoms with Crippen molar-refractivity contribution in [3.63, 3.8) is 0 Å². The zero-order valence-corrected chi connectivity index (χ0v) is 12.5. The molecule has 5 heteroatoms. The Labute approximate surface area is 124 Å². The minimum Gasteiger partial charge on any atom is -0.381 e. The number of imidazole rings is 1. The number of nitrogens with one attached hydrogen (secondary N) is 1. The molecule has 20 heavy (non-hydrogen) atoms. The molecule has 0 radical (unpaired) electrons. The van der Waals surface area contributed by atoms with Gasteiger partial charge in [-0.05, 0) is 37.6 Å². The second-order valence-corrected chi connectivity index (χ2v) is 6.02. The fraction of sp³-hybridized carbons (Fsp3) is 0.533. The summed E-state index contributed by atoms with van der Waals surface area (Å²) in [5.41, 5.74) is 2.00. The third-order valence-corrected chi connectivity index (χ3v) is 4.05. The monoisotopic (exact) mass is 293 g/mol. The highest BCUT2D eigenvalue weighted by atomic mass is 35.5. The maximum atomic E-state index is 5.98. The van der Waals surface area contributed by atoms with E-state index in [1.165, 1.54) is 6.42 Å². The summed E-state index contributed by atoms with van der Waals surface area (Å²) >= 11 is 5.98. The number of nitrogens with zero attached hydrogens (tertiary/aromatic N) is 2. The highest BCUT2D eigenvalue weighted by Crippen LogP contribution is 2.18. The van der Waals surface area contributed by atoms with Crippen LogP contribution in [0.3, 0.4) is 0 Å². The molecule has 1 atom stereocenters. The largest absolute Gasteiger partial charge is 0.381 e. The van der Waals surface area contributed by atoms with Gasteiger partial charge in [-0.25, -0.2) is 4.98 Å². The lowest BCUT2D eigenvalue weighted by Crippen LogP contribution is -2.28. The predicted octanol–water partition coefficient (Wildman–Crippen LogP) is 2.73. The number of fused-ring (bicyclic) bond motifs is 1. The van der Waals surface area contributed by atoms with Crippen molar-refractivity contribution in [1.82, 2.24) is 14.9 Å². The van der Waals surface area contributed by atoms with Gasteiger partial charge in [0.2, 0.25) is 0 Å². The molecule has 0 saturated carbocycles. The van der Waals surface area contributed by atoms with Crippen molar-refractivity contribution in [2.24, 2.45) is 5.92 Å². The average Bonchev–Trinajstić information content (AvgIpc) is 3.04. The summed E-state index contributed by atoms with van der Waals surface area (Å²) in [6.07, 6.45) is 2.11. The molecule has 0 aliphatic carbocycles. The standard InChI is InChI=1S/C15H20ClN3O/c1-19(9-11-5-7-20-10-11)6-4-15-17-13-3-2-12(16)8-14(13)18-15/h2-3,8,11H,4-7,9-10H2,1H3,(H,17,18)/t11-/m1/s1. The summed E-state index contributed by atoms with van der Waals surface area (Å²) in [6.45, 7) is 3.94. The molecule has 0 unspecified atom stereocenters. The number of rotatable bonds is 5. The number of aromatic nitrogens is 2.